The summed E-state index contributed by atoms with van der Waals surface area (Å²) in [5, 5.41) is 3.15. The maximum atomic E-state index is 12.0. The molecular weight excluding hydrogens is 264 g/mol. The van der Waals surface area contributed by atoms with E-state index in [1.807, 2.05) is 30.3 Å². The van der Waals surface area contributed by atoms with Crippen LogP contribution >= 0.6 is 0 Å². The Balaban J connectivity index is 1.54. The standard InChI is InChI=1S/C17H22N2O2/c1-21-14-7-4-13(5-8-14)6-9-17(20)18-15-10-12-19-11-2-3-16(15)19/h4-9,15-16H,2-3,10-12H2,1H3,(H,18,20)/b9-6+/t15-,16?/m1/s1. The molecule has 0 aliphatic carbocycles. The van der Waals surface area contributed by atoms with Crippen LogP contribution in [-0.4, -0.2) is 43.1 Å². The predicted molar refractivity (Wildman–Crippen MR) is 83.2 cm³/mol. The van der Waals surface area contributed by atoms with Gasteiger partial charge in [0.1, 0.15) is 5.75 Å². The molecule has 21 heavy (non-hydrogen) atoms. The predicted octanol–water partition coefficient (Wildman–Crippen LogP) is 2.06. The summed E-state index contributed by atoms with van der Waals surface area (Å²) in [6.45, 7) is 2.32. The number of nitrogens with one attached hydrogen (secondary N) is 1. The van der Waals surface area contributed by atoms with E-state index in [0.717, 1.165) is 24.3 Å². The van der Waals surface area contributed by atoms with E-state index in [2.05, 4.69) is 10.2 Å². The molecule has 2 aliphatic rings. The first-order valence-corrected chi connectivity index (χ1v) is 7.63. The summed E-state index contributed by atoms with van der Waals surface area (Å²) in [5.41, 5.74) is 1.000. The first-order valence-electron chi connectivity index (χ1n) is 7.63. The van der Waals surface area contributed by atoms with Crippen molar-refractivity contribution in [2.75, 3.05) is 20.2 Å². The summed E-state index contributed by atoms with van der Waals surface area (Å²) in [5.74, 6) is 0.827. The zero-order valence-electron chi connectivity index (χ0n) is 12.4. The molecule has 4 nitrogen and oxygen atoms in total. The van der Waals surface area contributed by atoms with Crippen LogP contribution < -0.4 is 10.1 Å². The topological polar surface area (TPSA) is 41.6 Å². The maximum absolute atomic E-state index is 12.0. The SMILES string of the molecule is COc1ccc(/C=C/C(=O)N[C@@H]2CCN3CCCC23)cc1. The Morgan fingerprint density at radius 2 is 2.10 bits per heavy atom. The monoisotopic (exact) mass is 286 g/mol. The molecule has 1 unspecified atom stereocenters. The van der Waals surface area contributed by atoms with Crippen molar-refractivity contribution in [2.45, 2.75) is 31.3 Å². The van der Waals surface area contributed by atoms with Gasteiger partial charge >= 0.3 is 0 Å². The minimum Gasteiger partial charge on any atom is -0.497 e. The smallest absolute Gasteiger partial charge is 0.244 e. The number of benzene rings is 1. The van der Waals surface area contributed by atoms with Crippen molar-refractivity contribution in [2.24, 2.45) is 0 Å². The van der Waals surface area contributed by atoms with Gasteiger partial charge in [0.25, 0.3) is 0 Å². The third-order valence-electron chi connectivity index (χ3n) is 4.48. The minimum atomic E-state index is 0.00423. The average Bonchev–Trinajstić information content (AvgIpc) is 3.11. The quantitative estimate of drug-likeness (QED) is 0.862. The average molecular weight is 286 g/mol. The molecule has 1 N–H and O–H groups in total. The highest BCUT2D eigenvalue weighted by Crippen LogP contribution is 2.27. The number of fused-ring (bicyclic) bond motifs is 1. The van der Waals surface area contributed by atoms with Crippen LogP contribution in [0.1, 0.15) is 24.8 Å². The normalized spacial score (nSPS) is 25.2. The number of hydrogen-bond donors (Lipinski definition) is 1. The van der Waals surface area contributed by atoms with Crippen LogP contribution in [-0.2, 0) is 4.79 Å². The fourth-order valence-electron chi connectivity index (χ4n) is 3.37. The summed E-state index contributed by atoms with van der Waals surface area (Å²) in [7, 11) is 1.65. The number of carbonyl (C=O) groups is 1. The Kier molecular flexibility index (Phi) is 4.25. The summed E-state index contributed by atoms with van der Waals surface area (Å²) in [4.78, 5) is 14.5. The number of rotatable bonds is 4. The van der Waals surface area contributed by atoms with Crippen molar-refractivity contribution in [3.8, 4) is 5.75 Å². The minimum absolute atomic E-state index is 0.00423. The molecule has 1 aromatic rings. The molecule has 2 saturated heterocycles. The van der Waals surface area contributed by atoms with Gasteiger partial charge in [0.15, 0.2) is 0 Å². The van der Waals surface area contributed by atoms with Crippen molar-refractivity contribution < 1.29 is 9.53 Å². The van der Waals surface area contributed by atoms with Crippen LogP contribution in [0.2, 0.25) is 0 Å². The molecule has 2 aliphatic heterocycles. The number of nitrogens with zero attached hydrogens (tertiary/aromatic N) is 1. The van der Waals surface area contributed by atoms with Crippen molar-refractivity contribution >= 4 is 12.0 Å². The molecule has 0 spiro atoms. The molecule has 2 atom stereocenters. The molecule has 112 valence electrons. The highest BCUT2D eigenvalue weighted by Gasteiger charge is 2.37. The van der Waals surface area contributed by atoms with E-state index in [4.69, 9.17) is 4.74 Å². The Hall–Kier alpha value is -1.81. The Morgan fingerprint density at radius 1 is 1.29 bits per heavy atom. The lowest BCUT2D eigenvalue weighted by Gasteiger charge is -2.20. The second-order valence-corrected chi connectivity index (χ2v) is 5.76. The highest BCUT2D eigenvalue weighted by molar-refractivity contribution is 5.92. The summed E-state index contributed by atoms with van der Waals surface area (Å²) >= 11 is 0. The van der Waals surface area contributed by atoms with Crippen LogP contribution in [0.25, 0.3) is 6.08 Å². The maximum Gasteiger partial charge on any atom is 0.244 e. The number of amides is 1. The van der Waals surface area contributed by atoms with E-state index in [1.165, 1.54) is 19.4 Å². The van der Waals surface area contributed by atoms with Gasteiger partial charge in [-0.05, 0) is 49.6 Å². The van der Waals surface area contributed by atoms with Crippen LogP contribution in [0.4, 0.5) is 0 Å². The van der Waals surface area contributed by atoms with Gasteiger partial charge in [-0.3, -0.25) is 9.69 Å². The van der Waals surface area contributed by atoms with Crippen molar-refractivity contribution in [3.05, 3.63) is 35.9 Å². The van der Waals surface area contributed by atoms with Crippen molar-refractivity contribution in [1.29, 1.82) is 0 Å². The zero-order chi connectivity index (χ0) is 14.7. The van der Waals surface area contributed by atoms with Crippen LogP contribution in [0.5, 0.6) is 5.75 Å². The molecule has 1 amide bonds. The van der Waals surface area contributed by atoms with Gasteiger partial charge in [0, 0.05) is 24.7 Å². The molecule has 1 aromatic carbocycles. The lowest BCUT2D eigenvalue weighted by Crippen LogP contribution is -2.41. The van der Waals surface area contributed by atoms with Gasteiger partial charge < -0.3 is 10.1 Å². The first-order chi connectivity index (χ1) is 10.3. The number of methoxy groups -OCH3 is 1. The van der Waals surface area contributed by atoms with Gasteiger partial charge in [-0.15, -0.1) is 0 Å². The fourth-order valence-corrected chi connectivity index (χ4v) is 3.37. The number of ether oxygens (including phenoxy) is 1. The van der Waals surface area contributed by atoms with E-state index in [1.54, 1.807) is 13.2 Å². The molecule has 2 fully saturated rings. The van der Waals surface area contributed by atoms with Gasteiger partial charge in [0.2, 0.25) is 5.91 Å². The number of carbonyl (C=O) groups excluding carboxylic acids is 1. The fraction of sp³-hybridized carbons (Fsp3) is 0.471. The molecular formula is C17H22N2O2. The Bertz CT molecular complexity index is 524. The number of hydrogen-bond acceptors (Lipinski definition) is 3. The van der Waals surface area contributed by atoms with Crippen LogP contribution in [0.15, 0.2) is 30.3 Å². The lowest BCUT2D eigenvalue weighted by molar-refractivity contribution is -0.117. The largest absolute Gasteiger partial charge is 0.497 e. The van der Waals surface area contributed by atoms with Gasteiger partial charge in [-0.25, -0.2) is 0 Å². The highest BCUT2D eigenvalue weighted by atomic mass is 16.5. The lowest BCUT2D eigenvalue weighted by atomic mass is 10.1. The van der Waals surface area contributed by atoms with E-state index < -0.39 is 0 Å². The van der Waals surface area contributed by atoms with Gasteiger partial charge in [-0.2, -0.15) is 0 Å². The molecule has 3 rings (SSSR count). The first kappa shape index (κ1) is 14.1. The molecule has 0 saturated carbocycles. The van der Waals surface area contributed by atoms with E-state index in [-0.39, 0.29) is 5.91 Å². The molecule has 0 aromatic heterocycles. The molecule has 0 radical (unpaired) electrons. The summed E-state index contributed by atoms with van der Waals surface area (Å²) in [6.07, 6.45) is 7.02. The Labute approximate surface area is 125 Å². The van der Waals surface area contributed by atoms with Gasteiger partial charge in [0.05, 0.1) is 7.11 Å². The molecule has 2 heterocycles. The van der Waals surface area contributed by atoms with Crippen LogP contribution in [0.3, 0.4) is 0 Å². The third kappa shape index (κ3) is 3.27. The summed E-state index contributed by atoms with van der Waals surface area (Å²) < 4.78 is 5.12. The third-order valence-corrected chi connectivity index (χ3v) is 4.48. The zero-order valence-corrected chi connectivity index (χ0v) is 12.4. The van der Waals surface area contributed by atoms with Crippen LogP contribution in [0, 0.1) is 0 Å². The Morgan fingerprint density at radius 3 is 2.86 bits per heavy atom. The van der Waals surface area contributed by atoms with Crippen molar-refractivity contribution in [3.63, 3.8) is 0 Å². The van der Waals surface area contributed by atoms with Gasteiger partial charge in [-0.1, -0.05) is 12.1 Å². The molecule has 4 heteroatoms. The second-order valence-electron chi connectivity index (χ2n) is 5.76. The molecule has 0 bridgehead atoms. The van der Waals surface area contributed by atoms with E-state index >= 15 is 0 Å². The summed E-state index contributed by atoms with van der Waals surface area (Å²) in [6, 6.07) is 8.55. The van der Waals surface area contributed by atoms with Crippen molar-refractivity contribution in [1.82, 2.24) is 10.2 Å². The van der Waals surface area contributed by atoms with E-state index in [0.29, 0.717) is 12.1 Å². The second kappa shape index (κ2) is 6.31. The van der Waals surface area contributed by atoms with E-state index in [9.17, 15) is 4.79 Å².